The van der Waals surface area contributed by atoms with Gasteiger partial charge in [-0.05, 0) is 37.5 Å². The molecule has 1 amide bonds. The van der Waals surface area contributed by atoms with Crippen LogP contribution in [0.4, 0.5) is 0 Å². The molecule has 0 aliphatic heterocycles. The largest absolute Gasteiger partial charge is 0.348 e. The molecular formula is C15H19Cl2NO. The van der Waals surface area contributed by atoms with Gasteiger partial charge in [0.05, 0.1) is 5.38 Å². The molecule has 1 aliphatic carbocycles. The van der Waals surface area contributed by atoms with Gasteiger partial charge < -0.3 is 5.32 Å². The Morgan fingerprint density at radius 1 is 1.26 bits per heavy atom. The number of alkyl halides is 1. The number of amides is 1. The summed E-state index contributed by atoms with van der Waals surface area (Å²) in [4.78, 5) is 12.2. The van der Waals surface area contributed by atoms with Gasteiger partial charge in [-0.2, -0.15) is 0 Å². The molecule has 2 nitrogen and oxygen atoms in total. The highest BCUT2D eigenvalue weighted by Gasteiger charge is 2.23. The van der Waals surface area contributed by atoms with Gasteiger partial charge in [-0.1, -0.05) is 36.9 Å². The Morgan fingerprint density at radius 3 is 2.74 bits per heavy atom. The molecule has 0 heterocycles. The lowest BCUT2D eigenvalue weighted by molar-refractivity contribution is 0.0934. The Balaban J connectivity index is 2.05. The molecule has 104 valence electrons. The predicted molar refractivity (Wildman–Crippen MR) is 80.2 cm³/mol. The van der Waals surface area contributed by atoms with E-state index in [0.717, 1.165) is 31.2 Å². The van der Waals surface area contributed by atoms with Crippen molar-refractivity contribution in [3.8, 4) is 0 Å². The van der Waals surface area contributed by atoms with Gasteiger partial charge in [0, 0.05) is 16.6 Å². The summed E-state index contributed by atoms with van der Waals surface area (Å²) in [6.45, 7) is 1.92. The van der Waals surface area contributed by atoms with Crippen LogP contribution in [0.1, 0.15) is 48.0 Å². The predicted octanol–water partition coefficient (Wildman–Crippen LogP) is 4.32. The van der Waals surface area contributed by atoms with Gasteiger partial charge in [-0.15, -0.1) is 11.6 Å². The molecule has 1 fully saturated rings. The van der Waals surface area contributed by atoms with E-state index in [1.807, 2.05) is 13.0 Å². The van der Waals surface area contributed by atoms with Crippen LogP contribution in [0, 0.1) is 6.92 Å². The van der Waals surface area contributed by atoms with E-state index in [-0.39, 0.29) is 17.3 Å². The van der Waals surface area contributed by atoms with E-state index in [9.17, 15) is 4.79 Å². The molecule has 1 aromatic rings. The number of aryl methyl sites for hydroxylation is 1. The van der Waals surface area contributed by atoms with E-state index in [1.165, 1.54) is 6.42 Å². The summed E-state index contributed by atoms with van der Waals surface area (Å²) in [7, 11) is 0. The first-order valence-corrected chi connectivity index (χ1v) is 7.60. The van der Waals surface area contributed by atoms with Crippen molar-refractivity contribution < 1.29 is 4.79 Å². The minimum absolute atomic E-state index is 0.0346. The van der Waals surface area contributed by atoms with Crippen molar-refractivity contribution in [2.75, 3.05) is 0 Å². The monoisotopic (exact) mass is 299 g/mol. The van der Waals surface area contributed by atoms with Gasteiger partial charge in [0.2, 0.25) is 0 Å². The average Bonchev–Trinajstić information content (AvgIpc) is 2.58. The lowest BCUT2D eigenvalue weighted by Gasteiger charge is -2.21. The van der Waals surface area contributed by atoms with Crippen LogP contribution in [0.25, 0.3) is 0 Å². The average molecular weight is 300 g/mol. The molecule has 0 spiro atoms. The first kappa shape index (κ1) is 14.7. The Kier molecular flexibility index (Phi) is 5.12. The summed E-state index contributed by atoms with van der Waals surface area (Å²) >= 11 is 12.4. The molecule has 1 aliphatic rings. The number of carbonyl (C=O) groups excluding carboxylic acids is 1. The zero-order valence-electron chi connectivity index (χ0n) is 11.1. The van der Waals surface area contributed by atoms with E-state index in [2.05, 4.69) is 5.32 Å². The maximum absolute atomic E-state index is 12.2. The number of halogens is 2. The van der Waals surface area contributed by atoms with Gasteiger partial charge >= 0.3 is 0 Å². The number of carbonyl (C=O) groups is 1. The van der Waals surface area contributed by atoms with E-state index < -0.39 is 0 Å². The van der Waals surface area contributed by atoms with E-state index in [0.29, 0.717) is 10.6 Å². The molecule has 0 bridgehead atoms. The fourth-order valence-corrected chi connectivity index (χ4v) is 2.93. The van der Waals surface area contributed by atoms with Crippen LogP contribution in [0.5, 0.6) is 0 Å². The summed E-state index contributed by atoms with van der Waals surface area (Å²) in [6, 6.07) is 5.45. The molecule has 0 saturated heterocycles. The molecule has 2 atom stereocenters. The fourth-order valence-electron chi connectivity index (χ4n) is 2.41. The zero-order valence-corrected chi connectivity index (χ0v) is 12.6. The molecule has 19 heavy (non-hydrogen) atoms. The van der Waals surface area contributed by atoms with Gasteiger partial charge in [-0.25, -0.2) is 0 Å². The van der Waals surface area contributed by atoms with Crippen LogP contribution < -0.4 is 5.32 Å². The highest BCUT2D eigenvalue weighted by Crippen LogP contribution is 2.23. The molecule has 0 radical (unpaired) electrons. The summed E-state index contributed by atoms with van der Waals surface area (Å²) in [5, 5.41) is 3.70. The van der Waals surface area contributed by atoms with Crippen LogP contribution in [-0.4, -0.2) is 17.3 Å². The fraction of sp³-hybridized carbons (Fsp3) is 0.533. The van der Waals surface area contributed by atoms with Crippen molar-refractivity contribution in [3.05, 3.63) is 34.3 Å². The minimum atomic E-state index is -0.0838. The van der Waals surface area contributed by atoms with E-state index >= 15 is 0 Å². The summed E-state index contributed by atoms with van der Waals surface area (Å²) in [5.74, 6) is -0.0838. The highest BCUT2D eigenvalue weighted by atomic mass is 35.5. The molecule has 0 aromatic heterocycles. The highest BCUT2D eigenvalue weighted by molar-refractivity contribution is 6.31. The maximum atomic E-state index is 12.2. The van der Waals surface area contributed by atoms with Gasteiger partial charge in [0.15, 0.2) is 0 Å². The SMILES string of the molecule is Cc1ccc(C(=O)NC2CCCCCC2Cl)cc1Cl. The molecule has 4 heteroatoms. The van der Waals surface area contributed by atoms with Gasteiger partial charge in [0.1, 0.15) is 0 Å². The number of hydrogen-bond donors (Lipinski definition) is 1. The van der Waals surface area contributed by atoms with Gasteiger partial charge in [0.25, 0.3) is 5.91 Å². The van der Waals surface area contributed by atoms with Crippen molar-refractivity contribution in [3.63, 3.8) is 0 Å². The smallest absolute Gasteiger partial charge is 0.251 e. The van der Waals surface area contributed by atoms with Crippen LogP contribution in [0.2, 0.25) is 5.02 Å². The Bertz CT molecular complexity index is 461. The zero-order chi connectivity index (χ0) is 13.8. The molecule has 1 aromatic carbocycles. The van der Waals surface area contributed by atoms with E-state index in [4.69, 9.17) is 23.2 Å². The van der Waals surface area contributed by atoms with E-state index in [1.54, 1.807) is 12.1 Å². The topological polar surface area (TPSA) is 29.1 Å². The normalized spacial score (nSPS) is 23.7. The third-order valence-electron chi connectivity index (χ3n) is 3.68. The minimum Gasteiger partial charge on any atom is -0.348 e. The number of rotatable bonds is 2. The quantitative estimate of drug-likeness (QED) is 0.639. The molecule has 1 N–H and O–H groups in total. The number of hydrogen-bond acceptors (Lipinski definition) is 1. The van der Waals surface area contributed by atoms with Crippen molar-refractivity contribution in [1.82, 2.24) is 5.32 Å². The number of nitrogens with one attached hydrogen (secondary N) is 1. The Labute approximate surface area is 124 Å². The van der Waals surface area contributed by atoms with Crippen LogP contribution in [0.15, 0.2) is 18.2 Å². The summed E-state index contributed by atoms with van der Waals surface area (Å²) < 4.78 is 0. The lowest BCUT2D eigenvalue weighted by atomic mass is 10.1. The maximum Gasteiger partial charge on any atom is 0.251 e. The second kappa shape index (κ2) is 6.62. The molecular weight excluding hydrogens is 281 g/mol. The first-order chi connectivity index (χ1) is 9.08. The van der Waals surface area contributed by atoms with Crippen LogP contribution >= 0.6 is 23.2 Å². The lowest BCUT2D eigenvalue weighted by Crippen LogP contribution is -2.40. The van der Waals surface area contributed by atoms with Crippen molar-refractivity contribution in [2.45, 2.75) is 50.4 Å². The standard InChI is InChI=1S/C15H19Cl2NO/c1-10-7-8-11(9-13(10)17)15(19)18-14-6-4-2-3-5-12(14)16/h7-9,12,14H,2-6H2,1H3,(H,18,19). The Morgan fingerprint density at radius 2 is 2.00 bits per heavy atom. The molecule has 2 rings (SSSR count). The first-order valence-electron chi connectivity index (χ1n) is 6.79. The summed E-state index contributed by atoms with van der Waals surface area (Å²) in [6.07, 6.45) is 5.41. The van der Waals surface area contributed by atoms with Crippen molar-refractivity contribution >= 4 is 29.1 Å². The third-order valence-corrected chi connectivity index (χ3v) is 4.61. The van der Waals surface area contributed by atoms with Gasteiger partial charge in [-0.3, -0.25) is 4.79 Å². The number of benzene rings is 1. The van der Waals surface area contributed by atoms with Crippen LogP contribution in [-0.2, 0) is 0 Å². The van der Waals surface area contributed by atoms with Crippen LogP contribution in [0.3, 0.4) is 0 Å². The molecule has 2 unspecified atom stereocenters. The van der Waals surface area contributed by atoms with Crippen molar-refractivity contribution in [1.29, 1.82) is 0 Å². The molecule has 1 saturated carbocycles. The second-order valence-electron chi connectivity index (χ2n) is 5.20. The van der Waals surface area contributed by atoms with Crippen molar-refractivity contribution in [2.24, 2.45) is 0 Å². The Hall–Kier alpha value is -0.730. The third kappa shape index (κ3) is 3.87. The summed E-state index contributed by atoms with van der Waals surface area (Å²) in [5.41, 5.74) is 1.58. The second-order valence-corrected chi connectivity index (χ2v) is 6.17.